The number of imidazole rings is 1. The molecule has 0 N–H and O–H groups in total. The van der Waals surface area contributed by atoms with Crippen LogP contribution in [-0.2, 0) is 42.6 Å². The third-order valence-corrected chi connectivity index (χ3v) is 10.7. The number of para-hydroxylation sites is 3. The Labute approximate surface area is 300 Å². The molecular weight excluding hydrogens is 784 g/mol. The molecule has 7 aromatic rings. The second-order valence-corrected chi connectivity index (χ2v) is 17.1. The monoisotopic (exact) mass is 827 g/mol. The molecule has 3 heterocycles. The average Bonchev–Trinajstić information content (AvgIpc) is 3.49. The topological polar surface area (TPSA) is 36.9 Å². The summed E-state index contributed by atoms with van der Waals surface area (Å²) in [6.45, 7) is 20.1. The maximum absolute atomic E-state index is 7.00. The van der Waals surface area contributed by atoms with Gasteiger partial charge in [0.25, 0.3) is 0 Å². The van der Waals surface area contributed by atoms with E-state index in [4.69, 9.17) is 9.72 Å². The first-order valence-electron chi connectivity index (χ1n) is 16.9. The molecule has 49 heavy (non-hydrogen) atoms. The fourth-order valence-electron chi connectivity index (χ4n) is 6.54. The Bertz CT molecular complexity index is 2460. The molecule has 3 aromatic heterocycles. The predicted molar refractivity (Wildman–Crippen MR) is 198 cm³/mol. The average molecular weight is 828 g/mol. The number of pyridine rings is 1. The van der Waals surface area contributed by atoms with Gasteiger partial charge in [0.1, 0.15) is 0 Å². The third-order valence-electron chi connectivity index (χ3n) is 9.39. The molecule has 0 saturated carbocycles. The molecule has 254 valence electrons. The van der Waals surface area contributed by atoms with Gasteiger partial charge in [-0.2, -0.15) is 0 Å². The van der Waals surface area contributed by atoms with Gasteiger partial charge in [0, 0.05) is 6.20 Å². The van der Waals surface area contributed by atoms with Crippen molar-refractivity contribution < 1.29 is 24.1 Å². The first kappa shape index (κ1) is 33.3. The van der Waals surface area contributed by atoms with Crippen LogP contribution in [0.1, 0.15) is 79.0 Å². The van der Waals surface area contributed by atoms with Crippen molar-refractivity contribution >= 4 is 32.8 Å². The second-order valence-electron chi connectivity index (χ2n) is 16.1. The van der Waals surface area contributed by atoms with Crippen molar-refractivity contribution in [2.45, 2.75) is 78.6 Å². The van der Waals surface area contributed by atoms with E-state index in [0.717, 1.165) is 48.3 Å². The number of nitrogens with zero attached hydrogens (tertiary/aromatic N) is 4. The number of rotatable bonds is 4. The van der Waals surface area contributed by atoms with E-state index in [9.17, 15) is 0 Å². The number of aryl methyl sites for hydroxylation is 1. The molecular formula is C43H44N4OPt-2. The van der Waals surface area contributed by atoms with Crippen LogP contribution in [-0.4, -0.2) is 18.7 Å². The van der Waals surface area contributed by atoms with E-state index < -0.39 is 0 Å². The van der Waals surface area contributed by atoms with E-state index in [1.165, 1.54) is 16.5 Å². The van der Waals surface area contributed by atoms with Crippen LogP contribution in [0.15, 0.2) is 85.1 Å². The Morgan fingerprint density at radius 2 is 1.31 bits per heavy atom. The summed E-state index contributed by atoms with van der Waals surface area (Å²) in [5.74, 6) is 2.23. The molecule has 0 spiro atoms. The second kappa shape index (κ2) is 11.7. The Kier molecular flexibility index (Phi) is 7.95. The molecule has 5 nitrogen and oxygen atoms in total. The van der Waals surface area contributed by atoms with Gasteiger partial charge in [-0.3, -0.25) is 0 Å². The number of benzene rings is 4. The van der Waals surface area contributed by atoms with E-state index >= 15 is 0 Å². The van der Waals surface area contributed by atoms with Gasteiger partial charge in [0.2, 0.25) is 0 Å². The fourth-order valence-corrected chi connectivity index (χ4v) is 7.36. The molecule has 0 atom stereocenters. The number of aromatic nitrogens is 4. The normalized spacial score (nSPS) is 12.8. The van der Waals surface area contributed by atoms with Crippen molar-refractivity contribution in [2.75, 3.05) is 0 Å². The molecule has 7 rings (SSSR count). The molecule has 4 aromatic carbocycles. The Morgan fingerprint density at radius 3 is 1.98 bits per heavy atom. The molecule has 0 aliphatic heterocycles. The van der Waals surface area contributed by atoms with Gasteiger partial charge in [-0.15, -0.1) is 0 Å². The van der Waals surface area contributed by atoms with Crippen molar-refractivity contribution in [1.29, 1.82) is 0 Å². The van der Waals surface area contributed by atoms with Crippen LogP contribution in [0.25, 0.3) is 44.3 Å². The zero-order chi connectivity index (χ0) is 35.0. The molecule has 0 radical (unpaired) electrons. The van der Waals surface area contributed by atoms with E-state index in [0.29, 0.717) is 11.5 Å². The first-order chi connectivity index (χ1) is 23.0. The van der Waals surface area contributed by atoms with Gasteiger partial charge in [-0.25, -0.2) is 0 Å². The summed E-state index contributed by atoms with van der Waals surface area (Å²) in [5.41, 5.74) is 8.41. The fraction of sp³-hybridized carbons (Fsp3) is 0.302. The summed E-state index contributed by atoms with van der Waals surface area (Å²) in [6, 6.07) is 35.5. The molecule has 6 heteroatoms. The summed E-state index contributed by atoms with van der Waals surface area (Å²) >= 11 is 2.41. The molecule has 0 bridgehead atoms. The van der Waals surface area contributed by atoms with Gasteiger partial charge in [0.05, 0.1) is 0 Å². The van der Waals surface area contributed by atoms with Crippen molar-refractivity contribution in [3.63, 3.8) is 0 Å². The van der Waals surface area contributed by atoms with E-state index in [-0.39, 0.29) is 16.2 Å². The van der Waals surface area contributed by atoms with Crippen LogP contribution >= 0.6 is 0 Å². The zero-order valence-electron chi connectivity index (χ0n) is 30.1. The summed E-state index contributed by atoms with van der Waals surface area (Å²) in [4.78, 5) is 4.89. The van der Waals surface area contributed by atoms with E-state index in [1.54, 1.807) is 0 Å². The summed E-state index contributed by atoms with van der Waals surface area (Å²) < 4.78 is 14.8. The molecule has 0 aliphatic carbocycles. The summed E-state index contributed by atoms with van der Waals surface area (Å²) in [6.07, 6.45) is 1.91. The molecule has 0 fully saturated rings. The van der Waals surface area contributed by atoms with Crippen molar-refractivity contribution in [1.82, 2.24) is 18.7 Å². The Morgan fingerprint density at radius 1 is 0.653 bits per heavy atom. The number of fused-ring (bicyclic) bond motifs is 4. The van der Waals surface area contributed by atoms with Crippen LogP contribution < -0.4 is 4.74 Å². The van der Waals surface area contributed by atoms with Crippen LogP contribution in [0.5, 0.6) is 11.5 Å². The quantitative estimate of drug-likeness (QED) is 0.166. The minimum atomic E-state index is -0.210. The minimum absolute atomic E-state index is 0.0145. The molecule has 0 amide bonds. The summed E-state index contributed by atoms with van der Waals surface area (Å²) in [7, 11) is 2.11. The van der Waals surface area contributed by atoms with E-state index in [2.05, 4.69) is 193 Å². The van der Waals surface area contributed by atoms with Crippen LogP contribution in [0.3, 0.4) is 0 Å². The predicted octanol–water partition coefficient (Wildman–Crippen LogP) is 10.8. The van der Waals surface area contributed by atoms with Crippen LogP contribution in [0, 0.1) is 15.9 Å². The standard InChI is InChI=1S/C43H44N4O.Pt/c1-41(2,3)28-19-20-44-40(23-28)47-35-16-12-11-15-32(35)33-25-34(43(7,8)9)39(26-38(33)47)48-31-22-29(42(4,5)6)21-30(24-31)46-27-45(10)36-17-13-14-18-37(36)46;/h11-23,25H,1-10H3;/q-2;. The summed E-state index contributed by atoms with van der Waals surface area (Å²) in [5, 5.41) is 2.30. The zero-order valence-corrected chi connectivity index (χ0v) is 32.4. The van der Waals surface area contributed by atoms with Crippen molar-refractivity contribution in [3.8, 4) is 23.0 Å². The Hall–Kier alpha value is -4.21. The van der Waals surface area contributed by atoms with Crippen molar-refractivity contribution in [3.05, 3.63) is 118 Å². The number of hydrogen-bond donors (Lipinski definition) is 0. The SMILES string of the molecule is Cn1[c](=[Pt])n(-c2[c-]c(Oc3[c-]c4c(cc3C(C)(C)C)c3ccccc3n4-c3cc(C(C)(C)C)ccn3)cc(C(C)(C)C)c2)c2ccccc21. The molecule has 0 aliphatic rings. The van der Waals surface area contributed by atoms with Gasteiger partial charge < -0.3 is 0 Å². The van der Waals surface area contributed by atoms with E-state index in [1.807, 2.05) is 6.20 Å². The third kappa shape index (κ3) is 5.91. The van der Waals surface area contributed by atoms with Crippen LogP contribution in [0.4, 0.5) is 0 Å². The first-order valence-corrected chi connectivity index (χ1v) is 18.0. The molecule has 0 unspecified atom stereocenters. The maximum atomic E-state index is 7.00. The van der Waals surface area contributed by atoms with Crippen LogP contribution in [0.2, 0.25) is 0 Å². The van der Waals surface area contributed by atoms with Gasteiger partial charge in [-0.1, -0.05) is 32.9 Å². The Balaban J connectivity index is 1.48. The molecule has 0 saturated heterocycles. The van der Waals surface area contributed by atoms with Gasteiger partial charge >= 0.3 is 246 Å². The van der Waals surface area contributed by atoms with Gasteiger partial charge in [-0.05, 0) is 17.0 Å². The number of ether oxygens (including phenoxy) is 1. The van der Waals surface area contributed by atoms with Gasteiger partial charge in [0.15, 0.2) is 0 Å². The number of hydrogen-bond acceptors (Lipinski definition) is 2. The van der Waals surface area contributed by atoms with Crippen molar-refractivity contribution in [2.24, 2.45) is 7.05 Å².